The maximum Gasteiger partial charge on any atom is 0.101 e. The highest BCUT2D eigenvalue weighted by molar-refractivity contribution is 5.62. The first-order chi connectivity index (χ1) is 9.19. The van der Waals surface area contributed by atoms with E-state index in [1.165, 1.54) is 25.9 Å². The van der Waals surface area contributed by atoms with Crippen molar-refractivity contribution in [2.75, 3.05) is 37.2 Å². The average molecular weight is 258 g/mol. The van der Waals surface area contributed by atoms with Crippen molar-refractivity contribution in [1.82, 2.24) is 4.90 Å². The topological polar surface area (TPSA) is 65.1 Å². The Hall–Kier alpha value is -1.73. The monoisotopic (exact) mass is 258 g/mol. The van der Waals surface area contributed by atoms with Gasteiger partial charge in [-0.3, -0.25) is 0 Å². The Morgan fingerprint density at radius 3 is 2.84 bits per heavy atom. The average Bonchev–Trinajstić information content (AvgIpc) is 2.90. The second-order valence-corrected chi connectivity index (χ2v) is 5.41. The predicted molar refractivity (Wildman–Crippen MR) is 78.9 cm³/mol. The molecule has 0 aliphatic carbocycles. The summed E-state index contributed by atoms with van der Waals surface area (Å²) in [5.41, 5.74) is 7.81. The molecule has 1 heterocycles. The standard InChI is InChI=1S/C15H22N4/c1-12(11-19-6-2-3-7-19)10-18-15-5-4-14(17)8-13(15)9-16/h4-5,8,12,18H,2-3,6-7,10-11,17H2,1H3. The quantitative estimate of drug-likeness (QED) is 0.795. The summed E-state index contributed by atoms with van der Waals surface area (Å²) in [7, 11) is 0. The van der Waals surface area contributed by atoms with E-state index in [2.05, 4.69) is 23.2 Å². The van der Waals surface area contributed by atoms with Gasteiger partial charge >= 0.3 is 0 Å². The van der Waals surface area contributed by atoms with Crippen molar-refractivity contribution in [2.24, 2.45) is 5.92 Å². The lowest BCUT2D eigenvalue weighted by Crippen LogP contribution is -2.29. The number of nitrogens with one attached hydrogen (secondary N) is 1. The highest BCUT2D eigenvalue weighted by atomic mass is 15.1. The van der Waals surface area contributed by atoms with E-state index in [1.807, 2.05) is 12.1 Å². The molecular formula is C15H22N4. The number of nitrogens with two attached hydrogens (primary N) is 1. The number of nitriles is 1. The van der Waals surface area contributed by atoms with Crippen LogP contribution in [0, 0.1) is 17.2 Å². The Morgan fingerprint density at radius 1 is 1.42 bits per heavy atom. The third kappa shape index (κ3) is 3.87. The van der Waals surface area contributed by atoms with Gasteiger partial charge < -0.3 is 16.0 Å². The number of rotatable bonds is 5. The van der Waals surface area contributed by atoms with Gasteiger partial charge in [0.2, 0.25) is 0 Å². The molecule has 0 amide bonds. The van der Waals surface area contributed by atoms with Crippen LogP contribution in [0.2, 0.25) is 0 Å². The Morgan fingerprint density at radius 2 is 2.16 bits per heavy atom. The molecule has 1 saturated heterocycles. The summed E-state index contributed by atoms with van der Waals surface area (Å²) >= 11 is 0. The van der Waals surface area contributed by atoms with E-state index in [0.717, 1.165) is 18.8 Å². The van der Waals surface area contributed by atoms with Crippen molar-refractivity contribution >= 4 is 11.4 Å². The van der Waals surface area contributed by atoms with Crippen LogP contribution in [0.3, 0.4) is 0 Å². The van der Waals surface area contributed by atoms with E-state index in [1.54, 1.807) is 6.07 Å². The second kappa shape index (κ2) is 6.44. The summed E-state index contributed by atoms with van der Waals surface area (Å²) in [5, 5.41) is 12.4. The van der Waals surface area contributed by atoms with Crippen LogP contribution < -0.4 is 11.1 Å². The molecule has 1 aromatic rings. The fourth-order valence-corrected chi connectivity index (χ4v) is 2.56. The summed E-state index contributed by atoms with van der Waals surface area (Å²) < 4.78 is 0. The molecule has 0 saturated carbocycles. The van der Waals surface area contributed by atoms with Gasteiger partial charge in [-0.2, -0.15) is 5.26 Å². The molecule has 1 unspecified atom stereocenters. The first-order valence-corrected chi connectivity index (χ1v) is 6.95. The SMILES string of the molecule is CC(CNc1ccc(N)cc1C#N)CN1CCCC1. The van der Waals surface area contributed by atoms with E-state index in [0.29, 0.717) is 17.2 Å². The third-order valence-corrected chi connectivity index (χ3v) is 3.57. The van der Waals surface area contributed by atoms with Crippen LogP contribution in [-0.2, 0) is 0 Å². The minimum absolute atomic E-state index is 0.571. The number of nitrogen functional groups attached to an aromatic ring is 1. The molecule has 1 atom stereocenters. The molecule has 1 aliphatic rings. The molecule has 4 heteroatoms. The van der Waals surface area contributed by atoms with Gasteiger partial charge in [0.1, 0.15) is 6.07 Å². The summed E-state index contributed by atoms with van der Waals surface area (Å²) in [4.78, 5) is 2.51. The molecular weight excluding hydrogens is 236 g/mol. The van der Waals surface area contributed by atoms with E-state index >= 15 is 0 Å². The zero-order valence-electron chi connectivity index (χ0n) is 11.5. The minimum atomic E-state index is 0.571. The zero-order chi connectivity index (χ0) is 13.7. The fraction of sp³-hybridized carbons (Fsp3) is 0.533. The van der Waals surface area contributed by atoms with Gasteiger partial charge in [0, 0.05) is 18.8 Å². The van der Waals surface area contributed by atoms with Gasteiger partial charge in [-0.25, -0.2) is 0 Å². The largest absolute Gasteiger partial charge is 0.399 e. The summed E-state index contributed by atoms with van der Waals surface area (Å²) in [6.07, 6.45) is 2.66. The van der Waals surface area contributed by atoms with Crippen LogP contribution in [0.1, 0.15) is 25.3 Å². The van der Waals surface area contributed by atoms with Gasteiger partial charge in [-0.1, -0.05) is 6.92 Å². The molecule has 1 aromatic carbocycles. The van der Waals surface area contributed by atoms with Gasteiger partial charge in [0.25, 0.3) is 0 Å². The van der Waals surface area contributed by atoms with Gasteiger partial charge in [-0.05, 0) is 50.0 Å². The Labute approximate surface area is 115 Å². The fourth-order valence-electron chi connectivity index (χ4n) is 2.56. The lowest BCUT2D eigenvalue weighted by atomic mass is 10.1. The van der Waals surface area contributed by atoms with Gasteiger partial charge in [-0.15, -0.1) is 0 Å². The Bertz CT molecular complexity index is 458. The first-order valence-electron chi connectivity index (χ1n) is 6.95. The molecule has 1 fully saturated rings. The molecule has 3 N–H and O–H groups in total. The molecule has 102 valence electrons. The van der Waals surface area contributed by atoms with E-state index in [-0.39, 0.29) is 0 Å². The highest BCUT2D eigenvalue weighted by Crippen LogP contribution is 2.18. The third-order valence-electron chi connectivity index (χ3n) is 3.57. The zero-order valence-corrected chi connectivity index (χ0v) is 11.5. The van der Waals surface area contributed by atoms with Crippen molar-refractivity contribution in [2.45, 2.75) is 19.8 Å². The lowest BCUT2D eigenvalue weighted by molar-refractivity contribution is 0.294. The van der Waals surface area contributed by atoms with Crippen LogP contribution in [-0.4, -0.2) is 31.1 Å². The number of hydrogen-bond acceptors (Lipinski definition) is 4. The Balaban J connectivity index is 1.86. The predicted octanol–water partition coefficient (Wildman–Crippen LogP) is 2.28. The molecule has 19 heavy (non-hydrogen) atoms. The van der Waals surface area contributed by atoms with Crippen molar-refractivity contribution in [3.8, 4) is 6.07 Å². The van der Waals surface area contributed by atoms with Crippen LogP contribution in [0.4, 0.5) is 11.4 Å². The van der Waals surface area contributed by atoms with Crippen molar-refractivity contribution in [1.29, 1.82) is 5.26 Å². The number of anilines is 2. The number of likely N-dealkylation sites (tertiary alicyclic amines) is 1. The van der Waals surface area contributed by atoms with E-state index in [9.17, 15) is 0 Å². The highest BCUT2D eigenvalue weighted by Gasteiger charge is 2.14. The molecule has 0 aromatic heterocycles. The molecule has 0 spiro atoms. The van der Waals surface area contributed by atoms with Crippen LogP contribution in [0.15, 0.2) is 18.2 Å². The van der Waals surface area contributed by atoms with Gasteiger partial charge in [0.15, 0.2) is 0 Å². The maximum atomic E-state index is 9.08. The lowest BCUT2D eigenvalue weighted by Gasteiger charge is -2.21. The van der Waals surface area contributed by atoms with Crippen LogP contribution in [0.5, 0.6) is 0 Å². The van der Waals surface area contributed by atoms with Crippen LogP contribution >= 0.6 is 0 Å². The summed E-state index contributed by atoms with van der Waals surface area (Å²) in [5.74, 6) is 0.571. The second-order valence-electron chi connectivity index (χ2n) is 5.41. The molecule has 0 bridgehead atoms. The molecule has 1 aliphatic heterocycles. The summed E-state index contributed by atoms with van der Waals surface area (Å²) in [6, 6.07) is 7.61. The van der Waals surface area contributed by atoms with Crippen molar-refractivity contribution < 1.29 is 0 Å². The normalized spacial score (nSPS) is 17.1. The first kappa shape index (κ1) is 13.7. The molecule has 4 nitrogen and oxygen atoms in total. The molecule has 0 radical (unpaired) electrons. The smallest absolute Gasteiger partial charge is 0.101 e. The summed E-state index contributed by atoms with van der Waals surface area (Å²) in [6.45, 7) is 6.72. The Kier molecular flexibility index (Phi) is 4.64. The van der Waals surface area contributed by atoms with Gasteiger partial charge in [0.05, 0.1) is 11.3 Å². The minimum Gasteiger partial charge on any atom is -0.399 e. The maximum absolute atomic E-state index is 9.08. The number of hydrogen-bond donors (Lipinski definition) is 2. The van der Waals surface area contributed by atoms with Crippen molar-refractivity contribution in [3.63, 3.8) is 0 Å². The van der Waals surface area contributed by atoms with Crippen molar-refractivity contribution in [3.05, 3.63) is 23.8 Å². The van der Waals surface area contributed by atoms with E-state index < -0.39 is 0 Å². The van der Waals surface area contributed by atoms with E-state index in [4.69, 9.17) is 11.0 Å². The number of benzene rings is 1. The van der Waals surface area contributed by atoms with Crippen LogP contribution in [0.25, 0.3) is 0 Å². The molecule has 2 rings (SSSR count). The number of nitrogens with zero attached hydrogens (tertiary/aromatic N) is 2.